The Balaban J connectivity index is 1.89. The Hall–Kier alpha value is -3.03. The third-order valence-electron chi connectivity index (χ3n) is 6.00. The minimum absolute atomic E-state index is 0.156. The summed E-state index contributed by atoms with van der Waals surface area (Å²) in [6.07, 6.45) is 1.84. The molecule has 0 saturated heterocycles. The van der Waals surface area contributed by atoms with E-state index in [0.717, 1.165) is 21.2 Å². The molecule has 4 amide bonds. The number of urea groups is 1. The van der Waals surface area contributed by atoms with Gasteiger partial charge in [-0.2, -0.15) is 0 Å². The number of hydrogen-bond donors (Lipinski definition) is 3. The number of carbonyl (C=O) groups excluding carboxylic acids is 3. The lowest BCUT2D eigenvalue weighted by molar-refractivity contribution is -0.127. The fourth-order valence-electron chi connectivity index (χ4n) is 3.64. The molecule has 228 valence electrons. The molecule has 4 atom stereocenters. The lowest BCUT2D eigenvalue weighted by atomic mass is 10.1. The first kappa shape index (κ1) is 34.2. The smallest absolute Gasteiger partial charge is 0.407 e. The van der Waals surface area contributed by atoms with Gasteiger partial charge in [-0.1, -0.05) is 20.4 Å². The Morgan fingerprint density at radius 1 is 1.05 bits per heavy atom. The predicted octanol–water partition coefficient (Wildman–Crippen LogP) is 4.80. The molecule has 11 nitrogen and oxygen atoms in total. The molecule has 13 heteroatoms. The first-order valence-corrected chi connectivity index (χ1v) is 15.5. The van der Waals surface area contributed by atoms with Crippen LogP contribution in [0.5, 0.6) is 0 Å². The Morgan fingerprint density at radius 2 is 1.73 bits per heavy atom. The van der Waals surface area contributed by atoms with Gasteiger partial charge >= 0.3 is 12.1 Å². The maximum Gasteiger partial charge on any atom is 0.407 e. The largest absolute Gasteiger partial charge is 0.444 e. The number of alkyl carbamates (subject to hydrolysis) is 1. The molecule has 2 heterocycles. The zero-order valence-electron chi connectivity index (χ0n) is 25.1. The summed E-state index contributed by atoms with van der Waals surface area (Å²) in [7, 11) is 1.66. The molecule has 0 aliphatic rings. The van der Waals surface area contributed by atoms with Crippen LogP contribution in [0.25, 0.3) is 5.57 Å². The van der Waals surface area contributed by atoms with Gasteiger partial charge in [-0.25, -0.2) is 14.6 Å². The van der Waals surface area contributed by atoms with Gasteiger partial charge in [-0.15, -0.1) is 22.7 Å². The molecule has 2 aromatic heterocycles. The van der Waals surface area contributed by atoms with Crippen LogP contribution in [0.2, 0.25) is 0 Å². The van der Waals surface area contributed by atoms with Gasteiger partial charge in [-0.05, 0) is 52.0 Å². The lowest BCUT2D eigenvalue weighted by Gasteiger charge is -2.29. The van der Waals surface area contributed by atoms with E-state index in [1.54, 1.807) is 25.7 Å². The third kappa shape index (κ3) is 12.6. The normalized spacial score (nSPS) is 14.0. The van der Waals surface area contributed by atoms with Crippen molar-refractivity contribution in [3.05, 3.63) is 39.2 Å². The summed E-state index contributed by atoms with van der Waals surface area (Å²) in [6, 6.07) is -1.66. The molecule has 0 fully saturated rings. The molecular formula is C28H44N6O5S2. The highest BCUT2D eigenvalue weighted by molar-refractivity contribution is 7.10. The van der Waals surface area contributed by atoms with Crippen molar-refractivity contribution >= 4 is 46.3 Å². The second kappa shape index (κ2) is 17.0. The molecule has 2 rings (SSSR count). The molecule has 0 saturated carbocycles. The number of carbonyl (C=O) groups is 3. The van der Waals surface area contributed by atoms with Crippen LogP contribution >= 0.6 is 22.7 Å². The van der Waals surface area contributed by atoms with Crippen LogP contribution in [0.15, 0.2) is 23.7 Å². The molecule has 0 radical (unpaired) electrons. The monoisotopic (exact) mass is 608 g/mol. The lowest BCUT2D eigenvalue weighted by Crippen LogP contribution is -2.57. The van der Waals surface area contributed by atoms with Gasteiger partial charge in [0.05, 0.1) is 28.7 Å². The van der Waals surface area contributed by atoms with Gasteiger partial charge in [0.2, 0.25) is 5.91 Å². The summed E-state index contributed by atoms with van der Waals surface area (Å²) in [5, 5.41) is 11.4. The Kier molecular flexibility index (Phi) is 14.2. The summed E-state index contributed by atoms with van der Waals surface area (Å²) in [6.45, 7) is 16.3. The fraction of sp³-hybridized carbons (Fsp3) is 0.607. The van der Waals surface area contributed by atoms with Crippen molar-refractivity contribution in [1.82, 2.24) is 30.8 Å². The zero-order chi connectivity index (χ0) is 30.5. The highest BCUT2D eigenvalue weighted by Gasteiger charge is 2.30. The van der Waals surface area contributed by atoms with Gasteiger partial charge in [0.15, 0.2) is 0 Å². The average molecular weight is 609 g/mol. The van der Waals surface area contributed by atoms with E-state index in [-0.39, 0.29) is 30.5 Å². The third-order valence-corrected chi connectivity index (χ3v) is 7.81. The SMILES string of the molecule is C=C(C)c1nc(CN(C)C(=O)N[C@H](C(=O)N[C@@H](C)CC[C@H](C)NC(=O)OCc2cncs2)C(C)OCC(C)C)cs1. The van der Waals surface area contributed by atoms with E-state index in [1.807, 2.05) is 40.0 Å². The van der Waals surface area contributed by atoms with Crippen molar-refractivity contribution in [2.75, 3.05) is 13.7 Å². The van der Waals surface area contributed by atoms with Crippen LogP contribution in [0.4, 0.5) is 9.59 Å². The number of nitrogens with zero attached hydrogens (tertiary/aromatic N) is 3. The molecule has 0 bridgehead atoms. The molecule has 0 aliphatic heterocycles. The molecular weight excluding hydrogens is 564 g/mol. The van der Waals surface area contributed by atoms with E-state index in [9.17, 15) is 14.4 Å². The summed E-state index contributed by atoms with van der Waals surface area (Å²) >= 11 is 2.90. The fourth-order valence-corrected chi connectivity index (χ4v) is 4.89. The number of rotatable bonds is 16. The average Bonchev–Trinajstić information content (AvgIpc) is 3.60. The minimum atomic E-state index is -0.898. The number of nitrogens with one attached hydrogen (secondary N) is 3. The maximum absolute atomic E-state index is 13.3. The van der Waals surface area contributed by atoms with E-state index < -0.39 is 24.3 Å². The highest BCUT2D eigenvalue weighted by Crippen LogP contribution is 2.18. The van der Waals surface area contributed by atoms with Crippen molar-refractivity contribution < 1.29 is 23.9 Å². The van der Waals surface area contributed by atoms with Crippen LogP contribution in [0.1, 0.15) is 70.0 Å². The van der Waals surface area contributed by atoms with Crippen molar-refractivity contribution in [2.24, 2.45) is 5.92 Å². The topological polar surface area (TPSA) is 135 Å². The summed E-state index contributed by atoms with van der Waals surface area (Å²) in [5.74, 6) is -0.0633. The van der Waals surface area contributed by atoms with Crippen molar-refractivity contribution in [2.45, 2.75) is 91.8 Å². The second-order valence-electron chi connectivity index (χ2n) is 10.7. The first-order valence-electron chi connectivity index (χ1n) is 13.7. The van der Waals surface area contributed by atoms with E-state index in [0.29, 0.717) is 26.0 Å². The molecule has 1 unspecified atom stereocenters. The van der Waals surface area contributed by atoms with Crippen LogP contribution in [0, 0.1) is 5.92 Å². The van der Waals surface area contributed by atoms with Gasteiger partial charge < -0.3 is 30.3 Å². The van der Waals surface area contributed by atoms with Crippen LogP contribution in [-0.4, -0.2) is 70.8 Å². The Bertz CT molecular complexity index is 1120. The quantitative estimate of drug-likeness (QED) is 0.249. The van der Waals surface area contributed by atoms with E-state index in [4.69, 9.17) is 9.47 Å². The van der Waals surface area contributed by atoms with E-state index in [2.05, 4.69) is 32.5 Å². The van der Waals surface area contributed by atoms with Crippen molar-refractivity contribution in [3.63, 3.8) is 0 Å². The van der Waals surface area contributed by atoms with Crippen LogP contribution in [-0.2, 0) is 27.4 Å². The summed E-state index contributed by atoms with van der Waals surface area (Å²) in [5.41, 5.74) is 3.30. The van der Waals surface area contributed by atoms with Gasteiger partial charge in [0, 0.05) is 37.3 Å². The van der Waals surface area contributed by atoms with Crippen LogP contribution < -0.4 is 16.0 Å². The molecule has 41 heavy (non-hydrogen) atoms. The molecule has 0 aromatic carbocycles. The number of hydrogen-bond acceptors (Lipinski definition) is 9. The van der Waals surface area contributed by atoms with Gasteiger partial charge in [0.1, 0.15) is 17.7 Å². The van der Waals surface area contributed by atoms with E-state index >= 15 is 0 Å². The standard InChI is InChI=1S/C28H44N6O5S2/c1-17(2)13-38-21(7)24(33-27(36)34(8)12-22-15-40-26(32-22)18(3)4)25(35)30-19(5)9-10-20(6)31-28(37)39-14-23-11-29-16-41-23/h11,15-17,19-21,24H,3,9-10,12-14H2,1-2,4-8H3,(H,30,35)(H,31,37)(H,33,36)/t19-,20-,21?,24-/m0/s1. The Labute approximate surface area is 251 Å². The molecule has 0 aliphatic carbocycles. The number of aromatic nitrogens is 2. The highest BCUT2D eigenvalue weighted by atomic mass is 32.1. The number of ether oxygens (including phenoxy) is 2. The maximum atomic E-state index is 13.3. The summed E-state index contributed by atoms with van der Waals surface area (Å²) < 4.78 is 11.1. The first-order chi connectivity index (χ1) is 19.3. The zero-order valence-corrected chi connectivity index (χ0v) is 26.7. The predicted molar refractivity (Wildman–Crippen MR) is 163 cm³/mol. The molecule has 2 aromatic rings. The minimum Gasteiger partial charge on any atom is -0.444 e. The Morgan fingerprint density at radius 3 is 2.32 bits per heavy atom. The number of amides is 4. The van der Waals surface area contributed by atoms with Gasteiger partial charge in [-0.3, -0.25) is 9.78 Å². The van der Waals surface area contributed by atoms with Crippen molar-refractivity contribution in [3.8, 4) is 0 Å². The summed E-state index contributed by atoms with van der Waals surface area (Å²) in [4.78, 5) is 49.2. The number of allylic oxidation sites excluding steroid dienone is 1. The molecule has 3 N–H and O–H groups in total. The molecule has 0 spiro atoms. The second-order valence-corrected chi connectivity index (χ2v) is 12.5. The van der Waals surface area contributed by atoms with Gasteiger partial charge in [0.25, 0.3) is 0 Å². The number of thiazole rings is 2. The van der Waals surface area contributed by atoms with E-state index in [1.165, 1.54) is 27.6 Å². The van der Waals surface area contributed by atoms with Crippen LogP contribution in [0.3, 0.4) is 0 Å². The van der Waals surface area contributed by atoms with Crippen molar-refractivity contribution in [1.29, 1.82) is 0 Å².